The molecule has 3 N–H and O–H groups in total. The SMILES string of the molecule is CCCC[C@H](NC(=O)[C@H](C)NC(=O)Cc1cc(F)cc(F)c1)C(=O)O. The molecular weight excluding hydrogens is 334 g/mol. The van der Waals surface area contributed by atoms with Crippen molar-refractivity contribution < 1.29 is 28.3 Å². The zero-order valence-electron chi connectivity index (χ0n) is 14.1. The smallest absolute Gasteiger partial charge is 0.326 e. The van der Waals surface area contributed by atoms with Crippen LogP contribution in [-0.2, 0) is 20.8 Å². The summed E-state index contributed by atoms with van der Waals surface area (Å²) in [5, 5.41) is 13.8. The van der Waals surface area contributed by atoms with Gasteiger partial charge in [0.25, 0.3) is 0 Å². The number of halogens is 2. The first-order valence-electron chi connectivity index (χ1n) is 8.00. The Labute approximate surface area is 144 Å². The van der Waals surface area contributed by atoms with Crippen molar-refractivity contribution in [3.8, 4) is 0 Å². The Morgan fingerprint density at radius 1 is 1.12 bits per heavy atom. The number of aliphatic carboxylic acids is 1. The molecule has 2 amide bonds. The number of carboxylic acid groups (broad SMARTS) is 1. The number of nitrogens with one attached hydrogen (secondary N) is 2. The van der Waals surface area contributed by atoms with Gasteiger partial charge in [-0.3, -0.25) is 9.59 Å². The molecule has 0 aliphatic rings. The van der Waals surface area contributed by atoms with Crippen molar-refractivity contribution in [2.24, 2.45) is 0 Å². The van der Waals surface area contributed by atoms with Crippen molar-refractivity contribution in [1.29, 1.82) is 0 Å². The summed E-state index contributed by atoms with van der Waals surface area (Å²) in [6.45, 7) is 3.30. The minimum Gasteiger partial charge on any atom is -0.480 e. The van der Waals surface area contributed by atoms with Gasteiger partial charge in [-0.25, -0.2) is 13.6 Å². The summed E-state index contributed by atoms with van der Waals surface area (Å²) in [7, 11) is 0. The molecular formula is C17H22F2N2O4. The second-order valence-corrected chi connectivity index (χ2v) is 5.79. The molecule has 1 rings (SSSR count). The third-order valence-corrected chi connectivity index (χ3v) is 3.52. The van der Waals surface area contributed by atoms with E-state index in [9.17, 15) is 23.2 Å². The number of benzene rings is 1. The first-order valence-corrected chi connectivity index (χ1v) is 8.00. The molecule has 8 heteroatoms. The molecule has 0 fully saturated rings. The predicted molar refractivity (Wildman–Crippen MR) is 86.8 cm³/mol. The van der Waals surface area contributed by atoms with Gasteiger partial charge in [0.15, 0.2) is 0 Å². The van der Waals surface area contributed by atoms with Crippen LogP contribution in [0.2, 0.25) is 0 Å². The Bertz CT molecular complexity index is 617. The van der Waals surface area contributed by atoms with Gasteiger partial charge >= 0.3 is 5.97 Å². The summed E-state index contributed by atoms with van der Waals surface area (Å²) in [6, 6.07) is 0.746. The second kappa shape index (κ2) is 9.71. The van der Waals surface area contributed by atoms with E-state index in [1.165, 1.54) is 6.92 Å². The Kier molecular flexibility index (Phi) is 7.97. The monoisotopic (exact) mass is 356 g/mol. The van der Waals surface area contributed by atoms with E-state index < -0.39 is 41.5 Å². The van der Waals surface area contributed by atoms with Gasteiger partial charge in [-0.15, -0.1) is 0 Å². The van der Waals surface area contributed by atoms with Gasteiger partial charge in [0.1, 0.15) is 23.7 Å². The van der Waals surface area contributed by atoms with Crippen LogP contribution in [0.25, 0.3) is 0 Å². The van der Waals surface area contributed by atoms with E-state index >= 15 is 0 Å². The van der Waals surface area contributed by atoms with Gasteiger partial charge in [0, 0.05) is 6.07 Å². The lowest BCUT2D eigenvalue weighted by Gasteiger charge is -2.18. The van der Waals surface area contributed by atoms with Crippen LogP contribution in [0.5, 0.6) is 0 Å². The van der Waals surface area contributed by atoms with E-state index in [2.05, 4.69) is 10.6 Å². The maximum Gasteiger partial charge on any atom is 0.326 e. The van der Waals surface area contributed by atoms with E-state index in [0.717, 1.165) is 18.6 Å². The fourth-order valence-corrected chi connectivity index (χ4v) is 2.22. The van der Waals surface area contributed by atoms with Gasteiger partial charge in [-0.2, -0.15) is 0 Å². The molecule has 0 aliphatic carbocycles. The highest BCUT2D eigenvalue weighted by atomic mass is 19.1. The Balaban J connectivity index is 2.58. The standard InChI is InChI=1S/C17H22F2N2O4/c1-3-4-5-14(17(24)25)21-16(23)10(2)20-15(22)8-11-6-12(18)9-13(19)7-11/h6-7,9-10,14H,3-5,8H2,1-2H3,(H,20,22)(H,21,23)(H,24,25)/t10-,14-/m0/s1. The highest BCUT2D eigenvalue weighted by Gasteiger charge is 2.23. The van der Waals surface area contributed by atoms with Gasteiger partial charge in [0.2, 0.25) is 11.8 Å². The minimum absolute atomic E-state index is 0.133. The first-order chi connectivity index (χ1) is 11.7. The number of carbonyl (C=O) groups is 3. The van der Waals surface area contributed by atoms with Crippen molar-refractivity contribution in [3.05, 3.63) is 35.4 Å². The van der Waals surface area contributed by atoms with E-state index in [0.29, 0.717) is 18.9 Å². The minimum atomic E-state index is -1.14. The Hall–Kier alpha value is -2.51. The maximum absolute atomic E-state index is 13.1. The first kappa shape index (κ1) is 20.5. The zero-order valence-corrected chi connectivity index (χ0v) is 14.1. The van der Waals surface area contributed by atoms with Crippen LogP contribution in [0, 0.1) is 11.6 Å². The molecule has 1 aromatic rings. The largest absolute Gasteiger partial charge is 0.480 e. The van der Waals surface area contributed by atoms with Crippen LogP contribution < -0.4 is 10.6 Å². The van der Waals surface area contributed by atoms with Crippen LogP contribution in [-0.4, -0.2) is 35.0 Å². The lowest BCUT2D eigenvalue weighted by molar-refractivity contribution is -0.142. The lowest BCUT2D eigenvalue weighted by Crippen LogP contribution is -2.50. The summed E-state index contributed by atoms with van der Waals surface area (Å²) in [6.07, 6.45) is 1.42. The van der Waals surface area contributed by atoms with Crippen molar-refractivity contribution in [3.63, 3.8) is 0 Å². The van der Waals surface area contributed by atoms with E-state index in [4.69, 9.17) is 5.11 Å². The van der Waals surface area contributed by atoms with Gasteiger partial charge in [-0.05, 0) is 31.0 Å². The topological polar surface area (TPSA) is 95.5 Å². The summed E-state index contributed by atoms with van der Waals surface area (Å²) in [5.41, 5.74) is 0.133. The molecule has 0 aliphatic heterocycles. The molecule has 0 saturated carbocycles. The van der Waals surface area contributed by atoms with Crippen molar-refractivity contribution in [2.75, 3.05) is 0 Å². The summed E-state index contributed by atoms with van der Waals surface area (Å²) >= 11 is 0. The normalized spacial score (nSPS) is 13.0. The molecule has 25 heavy (non-hydrogen) atoms. The number of rotatable bonds is 9. The Morgan fingerprint density at radius 3 is 2.24 bits per heavy atom. The molecule has 138 valence electrons. The van der Waals surface area contributed by atoms with E-state index in [1.54, 1.807) is 0 Å². The molecule has 0 unspecified atom stereocenters. The van der Waals surface area contributed by atoms with Gasteiger partial charge in [0.05, 0.1) is 6.42 Å². The summed E-state index contributed by atoms with van der Waals surface area (Å²) in [5.74, 6) is -3.98. The zero-order chi connectivity index (χ0) is 19.0. The molecule has 0 radical (unpaired) electrons. The van der Waals surface area contributed by atoms with Crippen LogP contribution in [0.4, 0.5) is 8.78 Å². The number of carboxylic acids is 1. The van der Waals surface area contributed by atoms with Crippen molar-refractivity contribution in [2.45, 2.75) is 51.6 Å². The quantitative estimate of drug-likeness (QED) is 0.628. The van der Waals surface area contributed by atoms with Crippen LogP contribution in [0.3, 0.4) is 0 Å². The maximum atomic E-state index is 13.1. The fourth-order valence-electron chi connectivity index (χ4n) is 2.22. The number of hydrogen-bond donors (Lipinski definition) is 3. The fraction of sp³-hybridized carbons (Fsp3) is 0.471. The highest BCUT2D eigenvalue weighted by Crippen LogP contribution is 2.08. The third-order valence-electron chi connectivity index (χ3n) is 3.52. The number of amides is 2. The van der Waals surface area contributed by atoms with Crippen LogP contribution in [0.15, 0.2) is 18.2 Å². The lowest BCUT2D eigenvalue weighted by atomic mass is 10.1. The van der Waals surface area contributed by atoms with Gasteiger partial charge < -0.3 is 15.7 Å². The third kappa shape index (κ3) is 7.28. The average molecular weight is 356 g/mol. The van der Waals surface area contributed by atoms with Crippen LogP contribution >= 0.6 is 0 Å². The van der Waals surface area contributed by atoms with E-state index in [-0.39, 0.29) is 12.0 Å². The van der Waals surface area contributed by atoms with Gasteiger partial charge in [-0.1, -0.05) is 19.8 Å². The Morgan fingerprint density at radius 2 is 1.72 bits per heavy atom. The molecule has 0 aromatic heterocycles. The van der Waals surface area contributed by atoms with E-state index in [1.807, 2.05) is 6.92 Å². The highest BCUT2D eigenvalue weighted by molar-refractivity contribution is 5.90. The molecule has 1 aromatic carbocycles. The second-order valence-electron chi connectivity index (χ2n) is 5.79. The molecule has 0 bridgehead atoms. The van der Waals surface area contributed by atoms with Crippen molar-refractivity contribution in [1.82, 2.24) is 10.6 Å². The number of hydrogen-bond acceptors (Lipinski definition) is 3. The van der Waals surface area contributed by atoms with Crippen molar-refractivity contribution >= 4 is 17.8 Å². The predicted octanol–water partition coefficient (Wildman–Crippen LogP) is 1.77. The summed E-state index contributed by atoms with van der Waals surface area (Å²) in [4.78, 5) is 35.0. The molecule has 6 nitrogen and oxygen atoms in total. The molecule has 2 atom stereocenters. The number of unbranched alkanes of at least 4 members (excludes halogenated alkanes) is 1. The average Bonchev–Trinajstić information content (AvgIpc) is 2.49. The summed E-state index contributed by atoms with van der Waals surface area (Å²) < 4.78 is 26.2. The molecule has 0 saturated heterocycles. The number of carbonyl (C=O) groups excluding carboxylic acids is 2. The molecule has 0 spiro atoms. The van der Waals surface area contributed by atoms with Crippen LogP contribution in [0.1, 0.15) is 38.7 Å². The molecule has 0 heterocycles.